The Balaban J connectivity index is 1.97. The fourth-order valence-electron chi connectivity index (χ4n) is 1.26. The monoisotopic (exact) mass is 199 g/mol. The summed E-state index contributed by atoms with van der Waals surface area (Å²) in [7, 11) is 0. The van der Waals surface area contributed by atoms with Gasteiger partial charge in [0, 0.05) is 5.92 Å². The van der Waals surface area contributed by atoms with Crippen LogP contribution in [0, 0.1) is 5.92 Å². The van der Waals surface area contributed by atoms with Gasteiger partial charge >= 0.3 is 0 Å². The third-order valence-corrected chi connectivity index (χ3v) is 2.61. The van der Waals surface area contributed by atoms with Gasteiger partial charge in [-0.15, -0.1) is 0 Å². The maximum Gasteiger partial charge on any atom is 0.227 e. The highest BCUT2D eigenvalue weighted by Gasteiger charge is 2.25. The molecule has 0 spiro atoms. The molecule has 0 bridgehead atoms. The van der Waals surface area contributed by atoms with Crippen LogP contribution in [0.4, 0.5) is 5.69 Å². The fraction of sp³-hybridized carbons (Fsp3) is 0.500. The number of hydrogen-bond acceptors (Lipinski definition) is 2. The van der Waals surface area contributed by atoms with Gasteiger partial charge in [0.05, 0.1) is 11.9 Å². The zero-order valence-electron chi connectivity index (χ0n) is 7.01. The second-order valence-electron chi connectivity index (χ2n) is 3.21. The molecular formula is C8H10ClN3O. The number of amides is 1. The predicted octanol–water partition coefficient (Wildman–Crippen LogP) is 1.80. The van der Waals surface area contributed by atoms with E-state index in [9.17, 15) is 4.79 Å². The number of carbonyl (C=O) groups is 1. The van der Waals surface area contributed by atoms with Crippen LogP contribution in [0.5, 0.6) is 0 Å². The summed E-state index contributed by atoms with van der Waals surface area (Å²) in [5, 5.41) is 9.37. The molecule has 70 valence electrons. The Kier molecular flexibility index (Phi) is 2.22. The normalized spacial score (nSPS) is 16.7. The molecule has 5 heteroatoms. The van der Waals surface area contributed by atoms with Gasteiger partial charge in [-0.2, -0.15) is 5.10 Å². The molecule has 1 heterocycles. The summed E-state index contributed by atoms with van der Waals surface area (Å²) in [5.41, 5.74) is 0.568. The molecule has 1 fully saturated rings. The van der Waals surface area contributed by atoms with E-state index in [1.54, 1.807) is 0 Å². The van der Waals surface area contributed by atoms with E-state index in [2.05, 4.69) is 15.5 Å². The van der Waals surface area contributed by atoms with E-state index >= 15 is 0 Å². The highest BCUT2D eigenvalue weighted by atomic mass is 35.5. The van der Waals surface area contributed by atoms with Gasteiger partial charge in [0.1, 0.15) is 5.15 Å². The van der Waals surface area contributed by atoms with Crippen LogP contribution in [-0.2, 0) is 4.79 Å². The molecule has 1 aromatic heterocycles. The van der Waals surface area contributed by atoms with Gasteiger partial charge in [0.15, 0.2) is 0 Å². The molecule has 1 saturated carbocycles. The molecule has 2 N–H and O–H groups in total. The lowest BCUT2D eigenvalue weighted by molar-refractivity contribution is -0.122. The lowest BCUT2D eigenvalue weighted by Gasteiger charge is -2.23. The summed E-state index contributed by atoms with van der Waals surface area (Å²) in [4.78, 5) is 11.4. The highest BCUT2D eigenvalue weighted by Crippen LogP contribution is 2.28. The fourth-order valence-corrected chi connectivity index (χ4v) is 1.41. The number of carbonyl (C=O) groups excluding carboxylic acids is 1. The van der Waals surface area contributed by atoms with Crippen LogP contribution in [0.2, 0.25) is 5.15 Å². The number of aromatic nitrogens is 2. The van der Waals surface area contributed by atoms with Gasteiger partial charge in [-0.05, 0) is 12.8 Å². The Bertz CT molecular complexity index is 319. The largest absolute Gasteiger partial charge is 0.322 e. The summed E-state index contributed by atoms with van der Waals surface area (Å²) < 4.78 is 0. The van der Waals surface area contributed by atoms with Crippen LogP contribution in [-0.4, -0.2) is 16.1 Å². The average molecular weight is 200 g/mol. The molecule has 0 aliphatic heterocycles. The van der Waals surface area contributed by atoms with Gasteiger partial charge in [0.2, 0.25) is 5.91 Å². The predicted molar refractivity (Wildman–Crippen MR) is 49.6 cm³/mol. The quantitative estimate of drug-likeness (QED) is 0.763. The van der Waals surface area contributed by atoms with Gasteiger partial charge in [-0.3, -0.25) is 9.89 Å². The van der Waals surface area contributed by atoms with Crippen LogP contribution in [0.3, 0.4) is 0 Å². The Morgan fingerprint density at radius 1 is 1.69 bits per heavy atom. The van der Waals surface area contributed by atoms with Gasteiger partial charge in [-0.1, -0.05) is 18.0 Å². The Hall–Kier alpha value is -1.03. The molecule has 1 aromatic rings. The zero-order valence-corrected chi connectivity index (χ0v) is 7.77. The number of H-pyrrole nitrogens is 1. The number of anilines is 1. The molecular weight excluding hydrogens is 190 g/mol. The first kappa shape index (κ1) is 8.56. The number of halogens is 1. The molecule has 0 atom stereocenters. The minimum Gasteiger partial charge on any atom is -0.322 e. The van der Waals surface area contributed by atoms with Crippen molar-refractivity contribution in [3.63, 3.8) is 0 Å². The summed E-state index contributed by atoms with van der Waals surface area (Å²) >= 11 is 5.72. The second-order valence-corrected chi connectivity index (χ2v) is 3.59. The first-order valence-corrected chi connectivity index (χ1v) is 4.65. The van der Waals surface area contributed by atoms with Crippen molar-refractivity contribution in [3.05, 3.63) is 11.3 Å². The van der Waals surface area contributed by atoms with Crippen molar-refractivity contribution in [1.29, 1.82) is 0 Å². The van der Waals surface area contributed by atoms with Gasteiger partial charge in [-0.25, -0.2) is 0 Å². The summed E-state index contributed by atoms with van der Waals surface area (Å²) in [5.74, 6) is 0.223. The number of aromatic amines is 1. The SMILES string of the molecule is O=C(Nc1cn[nH]c1Cl)C1CCC1. The van der Waals surface area contributed by atoms with Crippen LogP contribution in [0.1, 0.15) is 19.3 Å². The minimum atomic E-state index is 0.0505. The number of nitrogens with one attached hydrogen (secondary N) is 2. The number of nitrogens with zero attached hydrogens (tertiary/aromatic N) is 1. The van der Waals surface area contributed by atoms with E-state index in [-0.39, 0.29) is 11.8 Å². The van der Waals surface area contributed by atoms with Crippen molar-refractivity contribution >= 4 is 23.2 Å². The van der Waals surface area contributed by atoms with Crippen molar-refractivity contribution in [2.45, 2.75) is 19.3 Å². The smallest absolute Gasteiger partial charge is 0.227 e. The Morgan fingerprint density at radius 3 is 2.92 bits per heavy atom. The summed E-state index contributed by atoms with van der Waals surface area (Å²) in [6.07, 6.45) is 4.64. The van der Waals surface area contributed by atoms with Crippen LogP contribution in [0.25, 0.3) is 0 Å². The van der Waals surface area contributed by atoms with Crippen LogP contribution in [0.15, 0.2) is 6.20 Å². The lowest BCUT2D eigenvalue weighted by atomic mass is 9.85. The van der Waals surface area contributed by atoms with Gasteiger partial charge in [0.25, 0.3) is 0 Å². The van der Waals surface area contributed by atoms with Crippen LogP contribution < -0.4 is 5.32 Å². The highest BCUT2D eigenvalue weighted by molar-refractivity contribution is 6.32. The molecule has 4 nitrogen and oxygen atoms in total. The average Bonchev–Trinajstić information content (AvgIpc) is 2.32. The van der Waals surface area contributed by atoms with E-state index in [4.69, 9.17) is 11.6 Å². The molecule has 0 radical (unpaired) electrons. The first-order chi connectivity index (χ1) is 6.27. The van der Waals surface area contributed by atoms with Gasteiger partial charge < -0.3 is 5.32 Å². The van der Waals surface area contributed by atoms with E-state index in [1.165, 1.54) is 6.20 Å². The number of rotatable bonds is 2. The van der Waals surface area contributed by atoms with Crippen LogP contribution >= 0.6 is 11.6 Å². The molecule has 0 unspecified atom stereocenters. The molecule has 2 rings (SSSR count). The molecule has 1 aliphatic carbocycles. The van der Waals surface area contributed by atoms with E-state index in [1.807, 2.05) is 0 Å². The van der Waals surface area contributed by atoms with Crippen molar-refractivity contribution in [3.8, 4) is 0 Å². The topological polar surface area (TPSA) is 57.8 Å². The molecule has 0 saturated heterocycles. The van der Waals surface area contributed by atoms with E-state index in [0.717, 1.165) is 19.3 Å². The molecule has 1 aliphatic rings. The maximum absolute atomic E-state index is 11.4. The summed E-state index contributed by atoms with van der Waals surface area (Å²) in [6, 6.07) is 0. The molecule has 0 aromatic carbocycles. The third kappa shape index (κ3) is 1.67. The summed E-state index contributed by atoms with van der Waals surface area (Å²) in [6.45, 7) is 0. The van der Waals surface area contributed by atoms with Crippen molar-refractivity contribution in [1.82, 2.24) is 10.2 Å². The first-order valence-electron chi connectivity index (χ1n) is 4.27. The maximum atomic E-state index is 11.4. The van der Waals surface area contributed by atoms with Crippen molar-refractivity contribution < 1.29 is 4.79 Å². The van der Waals surface area contributed by atoms with E-state index < -0.39 is 0 Å². The second kappa shape index (κ2) is 3.38. The molecule has 1 amide bonds. The van der Waals surface area contributed by atoms with Crippen molar-refractivity contribution in [2.24, 2.45) is 5.92 Å². The van der Waals surface area contributed by atoms with Crippen molar-refractivity contribution in [2.75, 3.05) is 5.32 Å². The number of hydrogen-bond donors (Lipinski definition) is 2. The standard InChI is InChI=1S/C8H10ClN3O/c9-7-6(4-10-12-7)11-8(13)5-2-1-3-5/h4-5H,1-3H2,(H,10,12)(H,11,13). The molecule has 13 heavy (non-hydrogen) atoms. The van der Waals surface area contributed by atoms with E-state index in [0.29, 0.717) is 10.8 Å². The third-order valence-electron chi connectivity index (χ3n) is 2.33. The lowest BCUT2D eigenvalue weighted by Crippen LogP contribution is -2.27. The Morgan fingerprint density at radius 2 is 2.46 bits per heavy atom. The Labute approximate surface area is 80.7 Å². The minimum absolute atomic E-state index is 0.0505. The zero-order chi connectivity index (χ0) is 9.26.